The molecule has 0 aliphatic rings. The van der Waals surface area contributed by atoms with Crippen molar-refractivity contribution in [2.24, 2.45) is 5.92 Å². The van der Waals surface area contributed by atoms with Crippen molar-refractivity contribution in [2.45, 2.75) is 53.1 Å². The van der Waals surface area contributed by atoms with E-state index in [0.29, 0.717) is 13.0 Å². The van der Waals surface area contributed by atoms with Gasteiger partial charge in [0.1, 0.15) is 6.04 Å². The summed E-state index contributed by atoms with van der Waals surface area (Å²) >= 11 is 0. The van der Waals surface area contributed by atoms with Crippen LogP contribution in [0.25, 0.3) is 0 Å². The van der Waals surface area contributed by atoms with E-state index in [-0.39, 0.29) is 18.0 Å². The molecule has 0 aliphatic carbocycles. The molecule has 1 atom stereocenters. The van der Waals surface area contributed by atoms with Gasteiger partial charge in [-0.15, -0.1) is 0 Å². The van der Waals surface area contributed by atoms with Crippen LogP contribution in [-0.4, -0.2) is 40.6 Å². The third-order valence-corrected chi connectivity index (χ3v) is 2.53. The minimum atomic E-state index is -0.980. The number of urea groups is 1. The predicted molar refractivity (Wildman–Crippen MR) is 66.9 cm³/mol. The lowest BCUT2D eigenvalue weighted by Gasteiger charge is -2.27. The fraction of sp³-hybridized carbons (Fsp3) is 0.833. The molecular formula is C12H24N2O3. The number of aliphatic carboxylic acids is 1. The summed E-state index contributed by atoms with van der Waals surface area (Å²) in [6.45, 7) is 10.1. The molecule has 17 heavy (non-hydrogen) atoms. The first-order chi connectivity index (χ1) is 7.79. The number of nitrogens with one attached hydrogen (secondary N) is 1. The second-order valence-corrected chi connectivity index (χ2v) is 4.85. The smallest absolute Gasteiger partial charge is 0.326 e. The number of hydrogen-bond acceptors (Lipinski definition) is 2. The van der Waals surface area contributed by atoms with Gasteiger partial charge in [0.25, 0.3) is 0 Å². The van der Waals surface area contributed by atoms with E-state index in [4.69, 9.17) is 5.11 Å². The van der Waals surface area contributed by atoms with Crippen molar-refractivity contribution in [3.63, 3.8) is 0 Å². The average Bonchev–Trinajstić information content (AvgIpc) is 2.15. The Balaban J connectivity index is 4.54. The molecular weight excluding hydrogens is 220 g/mol. The average molecular weight is 244 g/mol. The Morgan fingerprint density at radius 3 is 2.06 bits per heavy atom. The summed E-state index contributed by atoms with van der Waals surface area (Å²) in [5.41, 5.74) is 0. The van der Waals surface area contributed by atoms with Gasteiger partial charge in [-0.05, 0) is 33.1 Å². The molecule has 100 valence electrons. The quantitative estimate of drug-likeness (QED) is 0.750. The van der Waals surface area contributed by atoms with Gasteiger partial charge in [0.2, 0.25) is 0 Å². The lowest BCUT2D eigenvalue weighted by Crippen LogP contribution is -2.50. The molecule has 0 rings (SSSR count). The summed E-state index contributed by atoms with van der Waals surface area (Å²) in [6, 6.07) is -1.06. The number of rotatable bonds is 6. The lowest BCUT2D eigenvalue weighted by molar-refractivity contribution is -0.139. The number of carbonyl (C=O) groups is 2. The van der Waals surface area contributed by atoms with Gasteiger partial charge in [-0.3, -0.25) is 0 Å². The van der Waals surface area contributed by atoms with E-state index in [2.05, 4.69) is 5.32 Å². The fourth-order valence-electron chi connectivity index (χ4n) is 1.67. The number of amides is 2. The highest BCUT2D eigenvalue weighted by Crippen LogP contribution is 2.06. The van der Waals surface area contributed by atoms with Crippen molar-refractivity contribution in [1.82, 2.24) is 10.2 Å². The van der Waals surface area contributed by atoms with E-state index in [1.807, 2.05) is 34.6 Å². The molecule has 0 aromatic carbocycles. The number of carboxylic acids is 1. The SMILES string of the molecule is CCN(C(=O)N[C@H](CC(C)C)C(=O)O)C(C)C. The summed E-state index contributed by atoms with van der Waals surface area (Å²) in [5, 5.41) is 11.6. The molecule has 5 heteroatoms. The zero-order valence-electron chi connectivity index (χ0n) is 11.4. The molecule has 0 aliphatic heterocycles. The van der Waals surface area contributed by atoms with Gasteiger partial charge in [-0.1, -0.05) is 13.8 Å². The van der Waals surface area contributed by atoms with E-state index in [0.717, 1.165) is 0 Å². The highest BCUT2D eigenvalue weighted by molar-refractivity contribution is 5.82. The minimum Gasteiger partial charge on any atom is -0.480 e. The zero-order chi connectivity index (χ0) is 13.6. The van der Waals surface area contributed by atoms with Gasteiger partial charge in [0.15, 0.2) is 0 Å². The van der Waals surface area contributed by atoms with Crippen LogP contribution in [0.4, 0.5) is 4.79 Å². The third kappa shape index (κ3) is 5.56. The first-order valence-electron chi connectivity index (χ1n) is 6.09. The molecule has 2 amide bonds. The fourth-order valence-corrected chi connectivity index (χ4v) is 1.67. The van der Waals surface area contributed by atoms with Crippen LogP contribution in [0.1, 0.15) is 41.0 Å². The maximum absolute atomic E-state index is 11.9. The predicted octanol–water partition coefficient (Wildman–Crippen LogP) is 1.93. The Hall–Kier alpha value is -1.26. The molecule has 0 saturated carbocycles. The Morgan fingerprint density at radius 2 is 1.76 bits per heavy atom. The molecule has 0 aromatic rings. The van der Waals surface area contributed by atoms with Crippen LogP contribution in [0, 0.1) is 5.92 Å². The standard InChI is InChI=1S/C12H24N2O3/c1-6-14(9(4)5)12(17)13-10(11(15)16)7-8(2)3/h8-10H,6-7H2,1-5H3,(H,13,17)(H,15,16)/t10-/m1/s1. The summed E-state index contributed by atoms with van der Waals surface area (Å²) < 4.78 is 0. The van der Waals surface area contributed by atoms with Crippen LogP contribution < -0.4 is 5.32 Å². The summed E-state index contributed by atoms with van der Waals surface area (Å²) in [4.78, 5) is 24.5. The molecule has 0 radical (unpaired) electrons. The number of nitrogens with zero attached hydrogens (tertiary/aromatic N) is 1. The minimum absolute atomic E-state index is 0.0634. The van der Waals surface area contributed by atoms with Gasteiger partial charge in [-0.2, -0.15) is 0 Å². The first kappa shape index (κ1) is 15.7. The third-order valence-electron chi connectivity index (χ3n) is 2.53. The van der Waals surface area contributed by atoms with Crippen molar-refractivity contribution in [3.8, 4) is 0 Å². The van der Waals surface area contributed by atoms with E-state index >= 15 is 0 Å². The van der Waals surface area contributed by atoms with Crippen LogP contribution in [0.5, 0.6) is 0 Å². The summed E-state index contributed by atoms with van der Waals surface area (Å²) in [6.07, 6.45) is 0.441. The second-order valence-electron chi connectivity index (χ2n) is 4.85. The molecule has 0 spiro atoms. The lowest BCUT2D eigenvalue weighted by atomic mass is 10.0. The normalized spacial score (nSPS) is 12.6. The van der Waals surface area contributed by atoms with Gasteiger partial charge < -0.3 is 15.3 Å². The largest absolute Gasteiger partial charge is 0.480 e. The summed E-state index contributed by atoms with van der Waals surface area (Å²) in [7, 11) is 0. The number of carbonyl (C=O) groups excluding carboxylic acids is 1. The van der Waals surface area contributed by atoms with Crippen LogP contribution >= 0.6 is 0 Å². The Morgan fingerprint density at radius 1 is 1.24 bits per heavy atom. The highest BCUT2D eigenvalue weighted by atomic mass is 16.4. The highest BCUT2D eigenvalue weighted by Gasteiger charge is 2.24. The monoisotopic (exact) mass is 244 g/mol. The molecule has 0 heterocycles. The molecule has 2 N–H and O–H groups in total. The van der Waals surface area contributed by atoms with Crippen molar-refractivity contribution in [3.05, 3.63) is 0 Å². The van der Waals surface area contributed by atoms with E-state index in [1.54, 1.807) is 4.90 Å². The van der Waals surface area contributed by atoms with Crippen molar-refractivity contribution < 1.29 is 14.7 Å². The Kier molecular flexibility index (Phi) is 6.61. The van der Waals surface area contributed by atoms with Gasteiger partial charge >= 0.3 is 12.0 Å². The topological polar surface area (TPSA) is 69.6 Å². The van der Waals surface area contributed by atoms with E-state index in [9.17, 15) is 9.59 Å². The molecule has 0 fully saturated rings. The summed E-state index contributed by atoms with van der Waals surface area (Å²) in [5.74, 6) is -0.752. The zero-order valence-corrected chi connectivity index (χ0v) is 11.4. The van der Waals surface area contributed by atoms with Gasteiger partial charge in [-0.25, -0.2) is 9.59 Å². The van der Waals surface area contributed by atoms with Gasteiger partial charge in [0, 0.05) is 12.6 Å². The Bertz CT molecular complexity index is 264. The number of carboxylic acid groups (broad SMARTS) is 1. The number of hydrogen-bond donors (Lipinski definition) is 2. The van der Waals surface area contributed by atoms with Gasteiger partial charge in [0.05, 0.1) is 0 Å². The first-order valence-corrected chi connectivity index (χ1v) is 6.09. The Labute approximate surface area is 103 Å². The second kappa shape index (κ2) is 7.14. The van der Waals surface area contributed by atoms with Crippen LogP contribution in [-0.2, 0) is 4.79 Å². The maximum Gasteiger partial charge on any atom is 0.326 e. The molecule has 0 saturated heterocycles. The van der Waals surface area contributed by atoms with Crippen molar-refractivity contribution in [2.75, 3.05) is 6.54 Å². The van der Waals surface area contributed by atoms with Crippen LogP contribution in [0.3, 0.4) is 0 Å². The van der Waals surface area contributed by atoms with Crippen LogP contribution in [0.2, 0.25) is 0 Å². The maximum atomic E-state index is 11.9. The van der Waals surface area contributed by atoms with Crippen molar-refractivity contribution in [1.29, 1.82) is 0 Å². The van der Waals surface area contributed by atoms with E-state index < -0.39 is 12.0 Å². The molecule has 0 unspecified atom stereocenters. The van der Waals surface area contributed by atoms with Crippen molar-refractivity contribution >= 4 is 12.0 Å². The molecule has 5 nitrogen and oxygen atoms in total. The van der Waals surface area contributed by atoms with E-state index in [1.165, 1.54) is 0 Å². The molecule has 0 bridgehead atoms. The molecule has 0 aromatic heterocycles. The van der Waals surface area contributed by atoms with Crippen LogP contribution in [0.15, 0.2) is 0 Å².